The largest absolute Gasteiger partial charge is 0.327 e. The highest BCUT2D eigenvalue weighted by Crippen LogP contribution is 2.26. The van der Waals surface area contributed by atoms with Gasteiger partial charge in [-0.1, -0.05) is 39.3 Å². The van der Waals surface area contributed by atoms with E-state index in [1.807, 2.05) is 27.7 Å². The third-order valence-electron chi connectivity index (χ3n) is 1.44. The molecule has 0 unspecified atom stereocenters. The van der Waals surface area contributed by atoms with Gasteiger partial charge < -0.3 is 5.32 Å². The monoisotopic (exact) mass is 313 g/mol. The van der Waals surface area contributed by atoms with Gasteiger partial charge in [-0.3, -0.25) is 4.79 Å². The molecule has 0 aromatic heterocycles. The fraction of sp³-hybridized carbons (Fsp3) is 0.364. The average molecular weight is 314 g/mol. The normalized spacial score (nSPS) is 9.22. The van der Waals surface area contributed by atoms with Crippen LogP contribution < -0.4 is 5.32 Å². The van der Waals surface area contributed by atoms with Crippen LogP contribution in [0.25, 0.3) is 0 Å². The number of rotatable bonds is 3. The highest BCUT2D eigenvalue weighted by atomic mass is 35.7. The number of hydrogen-bond donors (Lipinski definition) is 1. The Morgan fingerprint density at radius 2 is 1.67 bits per heavy atom. The second kappa shape index (κ2) is 10.2. The molecule has 1 aromatic carbocycles. The van der Waals surface area contributed by atoms with Crippen LogP contribution in [0.15, 0.2) is 23.1 Å². The van der Waals surface area contributed by atoms with Gasteiger partial charge in [0, 0.05) is 10.7 Å². The molecular weight excluding hydrogens is 297 g/mol. The van der Waals surface area contributed by atoms with Crippen molar-refractivity contribution in [2.24, 2.45) is 0 Å². The minimum atomic E-state index is -3.79. The highest BCUT2D eigenvalue weighted by molar-refractivity contribution is 8.13. The van der Waals surface area contributed by atoms with Gasteiger partial charge in [-0.25, -0.2) is 8.42 Å². The summed E-state index contributed by atoms with van der Waals surface area (Å²) < 4.78 is 21.7. The van der Waals surface area contributed by atoms with Gasteiger partial charge in [0.2, 0.25) is 6.41 Å². The Hall–Kier alpha value is -0.780. The summed E-state index contributed by atoms with van der Waals surface area (Å²) in [5.74, 6) is 0. The van der Waals surface area contributed by atoms with Gasteiger partial charge in [-0.15, -0.1) is 0 Å². The van der Waals surface area contributed by atoms with E-state index in [4.69, 9.17) is 22.3 Å². The van der Waals surface area contributed by atoms with Gasteiger partial charge in [0.1, 0.15) is 0 Å². The third-order valence-corrected chi connectivity index (χ3v) is 3.10. The molecule has 1 rings (SSSR count). The summed E-state index contributed by atoms with van der Waals surface area (Å²) in [5.41, 5.74) is 0.325. The van der Waals surface area contributed by atoms with Crippen LogP contribution in [0, 0.1) is 0 Å². The molecule has 0 bridgehead atoms. The Morgan fingerprint density at radius 1 is 1.17 bits per heavy atom. The molecule has 0 saturated heterocycles. The van der Waals surface area contributed by atoms with Gasteiger partial charge in [-0.05, 0) is 18.2 Å². The lowest BCUT2D eigenvalue weighted by Crippen LogP contribution is -1.96. The zero-order valence-electron chi connectivity index (χ0n) is 10.7. The predicted molar refractivity (Wildman–Crippen MR) is 76.9 cm³/mol. The van der Waals surface area contributed by atoms with E-state index in [1.165, 1.54) is 12.1 Å². The maximum absolute atomic E-state index is 10.9. The van der Waals surface area contributed by atoms with Crippen LogP contribution in [-0.4, -0.2) is 14.8 Å². The molecule has 0 aliphatic rings. The average Bonchev–Trinajstić information content (AvgIpc) is 2.36. The molecule has 0 atom stereocenters. The van der Waals surface area contributed by atoms with E-state index < -0.39 is 9.05 Å². The number of carbonyl (C=O) groups excluding carboxylic acids is 1. The standard InChI is InChI=1S/C7H5Cl2NO3S.2C2H6/c8-6-3-5(14(9,12)13)1-2-7(6)10-4-11;2*1-2/h1-4H,(H,10,11);2*1-2H3. The molecule has 7 heteroatoms. The molecule has 4 nitrogen and oxygen atoms in total. The van der Waals surface area contributed by atoms with Crippen molar-refractivity contribution in [2.45, 2.75) is 32.6 Å². The van der Waals surface area contributed by atoms with E-state index >= 15 is 0 Å². The Kier molecular flexibility index (Phi) is 11.1. The Labute approximate surface area is 118 Å². The van der Waals surface area contributed by atoms with E-state index in [1.54, 1.807) is 0 Å². The summed E-state index contributed by atoms with van der Waals surface area (Å²) in [6.45, 7) is 8.00. The molecule has 1 N–H and O–H groups in total. The molecule has 1 aromatic rings. The lowest BCUT2D eigenvalue weighted by molar-refractivity contribution is -0.105. The SMILES string of the molecule is CC.CC.O=CNc1ccc(S(=O)(=O)Cl)cc1Cl. The molecule has 18 heavy (non-hydrogen) atoms. The number of hydrogen-bond acceptors (Lipinski definition) is 3. The minimum absolute atomic E-state index is 0.110. The first-order chi connectivity index (χ1) is 8.45. The number of anilines is 1. The first-order valence-electron chi connectivity index (χ1n) is 5.39. The van der Waals surface area contributed by atoms with Crippen molar-refractivity contribution in [3.05, 3.63) is 23.2 Å². The maximum Gasteiger partial charge on any atom is 0.261 e. The second-order valence-corrected chi connectivity index (χ2v) is 5.31. The Morgan fingerprint density at radius 3 is 2.00 bits per heavy atom. The van der Waals surface area contributed by atoms with E-state index in [0.717, 1.165) is 6.07 Å². The first-order valence-corrected chi connectivity index (χ1v) is 8.08. The van der Waals surface area contributed by atoms with Crippen LogP contribution in [0.1, 0.15) is 27.7 Å². The quantitative estimate of drug-likeness (QED) is 0.680. The number of amides is 1. The van der Waals surface area contributed by atoms with Crippen molar-refractivity contribution in [2.75, 3.05) is 5.32 Å². The minimum Gasteiger partial charge on any atom is -0.327 e. The molecule has 0 fully saturated rings. The highest BCUT2D eigenvalue weighted by Gasteiger charge is 2.11. The molecule has 1 amide bonds. The third kappa shape index (κ3) is 6.83. The van der Waals surface area contributed by atoms with Crippen LogP contribution >= 0.6 is 22.3 Å². The second-order valence-electron chi connectivity index (χ2n) is 2.34. The summed E-state index contributed by atoms with van der Waals surface area (Å²) in [5, 5.41) is 2.41. The summed E-state index contributed by atoms with van der Waals surface area (Å²) in [6.07, 6.45) is 0.441. The van der Waals surface area contributed by atoms with Crippen molar-refractivity contribution in [3.63, 3.8) is 0 Å². The molecule has 0 saturated carbocycles. The predicted octanol–water partition coefficient (Wildman–Crippen LogP) is 3.89. The topological polar surface area (TPSA) is 63.2 Å². The smallest absolute Gasteiger partial charge is 0.261 e. The van der Waals surface area contributed by atoms with Crippen molar-refractivity contribution < 1.29 is 13.2 Å². The Bertz CT molecular complexity index is 461. The molecule has 0 aliphatic carbocycles. The van der Waals surface area contributed by atoms with Gasteiger partial charge >= 0.3 is 0 Å². The summed E-state index contributed by atoms with van der Waals surface area (Å²) in [7, 11) is 1.30. The molecule has 0 spiro atoms. The Balaban J connectivity index is 0. The fourth-order valence-electron chi connectivity index (χ4n) is 0.828. The first kappa shape index (κ1) is 19.6. The lowest BCUT2D eigenvalue weighted by Gasteiger charge is -2.02. The van der Waals surface area contributed by atoms with Crippen LogP contribution in [-0.2, 0) is 13.8 Å². The zero-order chi connectivity index (χ0) is 14.8. The van der Waals surface area contributed by atoms with Crippen molar-refractivity contribution >= 4 is 43.4 Å². The van der Waals surface area contributed by atoms with E-state index in [-0.39, 0.29) is 9.92 Å². The number of carbonyl (C=O) groups is 1. The van der Waals surface area contributed by atoms with Gasteiger partial charge in [0.05, 0.1) is 15.6 Å². The lowest BCUT2D eigenvalue weighted by atomic mass is 10.3. The fourth-order valence-corrected chi connectivity index (χ4v) is 1.90. The van der Waals surface area contributed by atoms with E-state index in [0.29, 0.717) is 12.1 Å². The number of halogens is 2. The van der Waals surface area contributed by atoms with Crippen molar-refractivity contribution in [1.82, 2.24) is 0 Å². The summed E-state index contributed by atoms with van der Waals surface area (Å²) in [6, 6.07) is 3.77. The van der Waals surface area contributed by atoms with Crippen molar-refractivity contribution in [1.29, 1.82) is 0 Å². The van der Waals surface area contributed by atoms with Gasteiger partial charge in [-0.2, -0.15) is 0 Å². The number of nitrogens with one attached hydrogen (secondary N) is 1. The molecular formula is C11H17Cl2NO3S. The maximum atomic E-state index is 10.9. The van der Waals surface area contributed by atoms with Crippen molar-refractivity contribution in [3.8, 4) is 0 Å². The molecule has 0 heterocycles. The van der Waals surface area contributed by atoms with Gasteiger partial charge in [0.15, 0.2) is 0 Å². The van der Waals surface area contributed by atoms with E-state index in [9.17, 15) is 13.2 Å². The van der Waals surface area contributed by atoms with E-state index in [2.05, 4.69) is 5.32 Å². The summed E-state index contributed by atoms with van der Waals surface area (Å²) >= 11 is 5.67. The van der Waals surface area contributed by atoms with Crippen LogP contribution in [0.2, 0.25) is 5.02 Å². The zero-order valence-corrected chi connectivity index (χ0v) is 13.0. The van der Waals surface area contributed by atoms with Crippen LogP contribution in [0.4, 0.5) is 5.69 Å². The molecule has 0 radical (unpaired) electrons. The summed E-state index contributed by atoms with van der Waals surface area (Å²) in [4.78, 5) is 9.98. The van der Waals surface area contributed by atoms with Crippen LogP contribution in [0.3, 0.4) is 0 Å². The van der Waals surface area contributed by atoms with Crippen LogP contribution in [0.5, 0.6) is 0 Å². The molecule has 104 valence electrons. The number of benzene rings is 1. The van der Waals surface area contributed by atoms with Gasteiger partial charge in [0.25, 0.3) is 9.05 Å². The molecule has 0 aliphatic heterocycles.